The molecule has 10 heteroatoms. The van der Waals surface area contributed by atoms with Crippen molar-refractivity contribution < 1.29 is 37.0 Å². The minimum absolute atomic E-state index is 0.0943. The van der Waals surface area contributed by atoms with Crippen LogP contribution in [0.1, 0.15) is 62.3 Å². The number of ether oxygens (including phenoxy) is 3. The summed E-state index contributed by atoms with van der Waals surface area (Å²) in [6.45, 7) is 11.2. The zero-order valence-electron chi connectivity index (χ0n) is 26.6. The van der Waals surface area contributed by atoms with Crippen LogP contribution in [-0.2, 0) is 32.3 Å². The standard InChI is InChI=1S/C36H39F3N2O5/c1-6-18-40-19-17-34-31-25-10-13-28(44-5)32(31)45-33(34)27(15-16-35(34,29(40)20-25)46-23(4)42)41(21-22(2)3)30(43)14-9-24-7-11-26(12-8-24)36(37,38)39/h6-8,10-13,22,27,29,33H,1,15-21H2,2-5H3/t27-,29-,33+,34+,35-/m1/s1. The first-order valence-electron chi connectivity index (χ1n) is 15.8. The fourth-order valence-corrected chi connectivity index (χ4v) is 8.60. The SMILES string of the molecule is C=CCN1CC[C@]23c4c5ccc(OC)c4O[C@H]2[C@H](N(CC(C)C)C(=O)C#Cc2ccc(C(F)(F)F)cc2)CC[C@@]3(OC(C)=O)[C@H]1C5. The van der Waals surface area contributed by atoms with Crippen molar-refractivity contribution in [3.8, 4) is 23.3 Å². The van der Waals surface area contributed by atoms with Gasteiger partial charge in [0.1, 0.15) is 11.7 Å². The molecule has 6 rings (SSSR count). The predicted molar refractivity (Wildman–Crippen MR) is 165 cm³/mol. The molecule has 0 radical (unpaired) electrons. The summed E-state index contributed by atoms with van der Waals surface area (Å²) in [7, 11) is 1.60. The van der Waals surface area contributed by atoms with Crippen LogP contribution in [0.15, 0.2) is 49.1 Å². The van der Waals surface area contributed by atoms with E-state index in [1.54, 1.807) is 12.0 Å². The van der Waals surface area contributed by atoms with Gasteiger partial charge in [-0.15, -0.1) is 6.58 Å². The molecule has 1 saturated carbocycles. The maximum atomic E-state index is 14.0. The van der Waals surface area contributed by atoms with E-state index in [1.807, 2.05) is 26.0 Å². The molecule has 1 spiro atoms. The Morgan fingerprint density at radius 2 is 1.93 bits per heavy atom. The Hall–Kier alpha value is -3.97. The molecule has 2 bridgehead atoms. The van der Waals surface area contributed by atoms with Crippen LogP contribution in [0, 0.1) is 17.8 Å². The van der Waals surface area contributed by atoms with E-state index in [9.17, 15) is 22.8 Å². The zero-order valence-corrected chi connectivity index (χ0v) is 26.6. The highest BCUT2D eigenvalue weighted by Crippen LogP contribution is 2.67. The van der Waals surface area contributed by atoms with Crippen molar-refractivity contribution in [3.63, 3.8) is 0 Å². The molecule has 46 heavy (non-hydrogen) atoms. The second-order valence-electron chi connectivity index (χ2n) is 13.2. The highest BCUT2D eigenvalue weighted by Gasteiger charge is 2.75. The second-order valence-corrected chi connectivity index (χ2v) is 13.2. The van der Waals surface area contributed by atoms with Crippen LogP contribution >= 0.6 is 0 Å². The van der Waals surface area contributed by atoms with E-state index in [-0.39, 0.29) is 17.9 Å². The van der Waals surface area contributed by atoms with Gasteiger partial charge in [-0.3, -0.25) is 14.5 Å². The van der Waals surface area contributed by atoms with Crippen LogP contribution in [0.5, 0.6) is 11.5 Å². The van der Waals surface area contributed by atoms with Gasteiger partial charge in [0.2, 0.25) is 0 Å². The van der Waals surface area contributed by atoms with Crippen LogP contribution in [0.25, 0.3) is 0 Å². The second kappa shape index (κ2) is 11.7. The number of amides is 1. The normalized spacial score (nSPS) is 27.5. The number of rotatable bonds is 7. The maximum absolute atomic E-state index is 14.0. The molecule has 2 fully saturated rings. The molecule has 2 aliphatic carbocycles. The first kappa shape index (κ1) is 32.0. The Labute approximate surface area is 267 Å². The molecule has 0 unspecified atom stereocenters. The van der Waals surface area contributed by atoms with Crippen molar-refractivity contribution in [3.05, 3.63) is 71.3 Å². The number of piperidine rings is 1. The fourth-order valence-electron chi connectivity index (χ4n) is 8.60. The van der Waals surface area contributed by atoms with Crippen molar-refractivity contribution in [2.75, 3.05) is 26.7 Å². The third-order valence-corrected chi connectivity index (χ3v) is 10.1. The molecule has 244 valence electrons. The molecule has 5 atom stereocenters. The Morgan fingerprint density at radius 3 is 2.57 bits per heavy atom. The topological polar surface area (TPSA) is 68.3 Å². The summed E-state index contributed by atoms with van der Waals surface area (Å²) >= 11 is 0. The lowest BCUT2D eigenvalue weighted by atomic mass is 9.48. The quantitative estimate of drug-likeness (QED) is 0.226. The van der Waals surface area contributed by atoms with Gasteiger partial charge in [-0.1, -0.05) is 31.9 Å². The van der Waals surface area contributed by atoms with E-state index < -0.39 is 40.8 Å². The Kier molecular flexibility index (Phi) is 8.12. The van der Waals surface area contributed by atoms with E-state index in [2.05, 4.69) is 29.4 Å². The smallest absolute Gasteiger partial charge is 0.416 e. The summed E-state index contributed by atoms with van der Waals surface area (Å²) in [6, 6.07) is 7.93. The van der Waals surface area contributed by atoms with Gasteiger partial charge in [-0.2, -0.15) is 13.2 Å². The summed E-state index contributed by atoms with van der Waals surface area (Å²) in [5.74, 6) is 6.02. The van der Waals surface area contributed by atoms with E-state index in [4.69, 9.17) is 14.2 Å². The lowest BCUT2D eigenvalue weighted by Crippen LogP contribution is -2.79. The molecule has 1 amide bonds. The molecule has 2 aromatic rings. The summed E-state index contributed by atoms with van der Waals surface area (Å²) < 4.78 is 58.4. The summed E-state index contributed by atoms with van der Waals surface area (Å²) in [6.07, 6.45) is -0.803. The van der Waals surface area contributed by atoms with E-state index >= 15 is 0 Å². The van der Waals surface area contributed by atoms with Crippen molar-refractivity contribution in [2.45, 2.75) is 81.8 Å². The number of methoxy groups -OCH3 is 1. The average molecular weight is 637 g/mol. The van der Waals surface area contributed by atoms with Crippen molar-refractivity contribution in [2.24, 2.45) is 5.92 Å². The van der Waals surface area contributed by atoms with Crippen LogP contribution in [0.3, 0.4) is 0 Å². The first-order valence-corrected chi connectivity index (χ1v) is 15.8. The number of likely N-dealkylation sites (tertiary alicyclic amines) is 1. The molecular formula is C36H39F3N2O5. The molecule has 2 aromatic carbocycles. The number of halogens is 3. The lowest BCUT2D eigenvalue weighted by Gasteiger charge is -2.65. The predicted octanol–water partition coefficient (Wildman–Crippen LogP) is 5.53. The number of carbonyl (C=O) groups is 2. The van der Waals surface area contributed by atoms with Gasteiger partial charge in [-0.05, 0) is 67.5 Å². The number of nitrogens with zero attached hydrogens (tertiary/aromatic N) is 2. The molecule has 7 nitrogen and oxygen atoms in total. The largest absolute Gasteiger partial charge is 0.493 e. The van der Waals surface area contributed by atoms with E-state index in [0.717, 1.165) is 29.8 Å². The highest BCUT2D eigenvalue weighted by molar-refractivity contribution is 5.94. The number of hydrogen-bond donors (Lipinski definition) is 0. The van der Waals surface area contributed by atoms with E-state index in [0.29, 0.717) is 55.8 Å². The van der Waals surface area contributed by atoms with Gasteiger partial charge in [0.05, 0.1) is 30.2 Å². The Balaban J connectivity index is 1.44. The summed E-state index contributed by atoms with van der Waals surface area (Å²) in [5.41, 5.74) is 0.0170. The molecule has 0 aromatic heterocycles. The van der Waals surface area contributed by atoms with Crippen LogP contribution < -0.4 is 9.47 Å². The average Bonchev–Trinajstić information content (AvgIpc) is 3.35. The maximum Gasteiger partial charge on any atom is 0.416 e. The third kappa shape index (κ3) is 4.95. The third-order valence-electron chi connectivity index (χ3n) is 10.1. The summed E-state index contributed by atoms with van der Waals surface area (Å²) in [5, 5.41) is 0. The van der Waals surface area contributed by atoms with Crippen molar-refractivity contribution in [1.29, 1.82) is 0 Å². The molecule has 0 N–H and O–H groups in total. The molecule has 2 aliphatic heterocycles. The minimum atomic E-state index is -4.46. The number of benzene rings is 2. The molecule has 2 heterocycles. The number of alkyl halides is 3. The van der Waals surface area contributed by atoms with Crippen molar-refractivity contribution in [1.82, 2.24) is 9.80 Å². The van der Waals surface area contributed by atoms with Gasteiger partial charge in [0.15, 0.2) is 11.5 Å². The van der Waals surface area contributed by atoms with E-state index in [1.165, 1.54) is 19.1 Å². The minimum Gasteiger partial charge on any atom is -0.493 e. The molecular weight excluding hydrogens is 597 g/mol. The van der Waals surface area contributed by atoms with Gasteiger partial charge in [-0.25, -0.2) is 0 Å². The van der Waals surface area contributed by atoms with Crippen LogP contribution in [0.4, 0.5) is 13.2 Å². The zero-order chi connectivity index (χ0) is 33.0. The Bertz CT molecular complexity index is 1610. The van der Waals surface area contributed by atoms with Gasteiger partial charge >= 0.3 is 12.1 Å². The Morgan fingerprint density at radius 1 is 1.20 bits per heavy atom. The van der Waals surface area contributed by atoms with Gasteiger partial charge in [0, 0.05) is 43.6 Å². The molecule has 1 saturated heterocycles. The van der Waals surface area contributed by atoms with Crippen LogP contribution in [-0.4, -0.2) is 72.2 Å². The monoisotopic (exact) mass is 636 g/mol. The fraction of sp³-hybridized carbons (Fsp3) is 0.500. The summed E-state index contributed by atoms with van der Waals surface area (Å²) in [4.78, 5) is 31.0. The molecule has 4 aliphatic rings. The van der Waals surface area contributed by atoms with Crippen molar-refractivity contribution >= 4 is 11.9 Å². The number of carbonyl (C=O) groups excluding carboxylic acids is 2. The highest BCUT2D eigenvalue weighted by atomic mass is 19.4. The number of esters is 1. The lowest BCUT2D eigenvalue weighted by molar-refractivity contribution is -0.223. The first-order chi connectivity index (χ1) is 21.9. The van der Waals surface area contributed by atoms with Gasteiger partial charge in [0.25, 0.3) is 5.91 Å². The van der Waals surface area contributed by atoms with Gasteiger partial charge < -0.3 is 19.1 Å². The van der Waals surface area contributed by atoms with Crippen LogP contribution in [0.2, 0.25) is 0 Å². The number of hydrogen-bond acceptors (Lipinski definition) is 6.